The lowest BCUT2D eigenvalue weighted by molar-refractivity contribution is -0.193. The molecule has 1 saturated heterocycles. The number of nitrogens with one attached hydrogen (secondary N) is 2. The average molecular weight is 659 g/mol. The Balaban J connectivity index is 0.000000421. The molecule has 0 saturated carbocycles. The molecule has 3 aromatic rings. The number of aromatic nitrogens is 5. The zero-order valence-electron chi connectivity index (χ0n) is 23.6. The predicted octanol–water partition coefficient (Wildman–Crippen LogP) is 4.68. The van der Waals surface area contributed by atoms with Crippen LogP contribution in [0.25, 0.3) is 22.5 Å². The van der Waals surface area contributed by atoms with E-state index in [1.807, 2.05) is 13.8 Å². The lowest BCUT2D eigenvalue weighted by Gasteiger charge is -2.48. The highest BCUT2D eigenvalue weighted by Crippen LogP contribution is 2.34. The van der Waals surface area contributed by atoms with Gasteiger partial charge < -0.3 is 25.4 Å². The minimum Gasteiger partial charge on any atom is -0.506 e. The van der Waals surface area contributed by atoms with E-state index in [-0.39, 0.29) is 28.4 Å². The summed E-state index contributed by atoms with van der Waals surface area (Å²) in [6.45, 7) is 7.60. The van der Waals surface area contributed by atoms with E-state index in [0.29, 0.717) is 17.7 Å². The molecule has 0 unspecified atom stereocenters. The van der Waals surface area contributed by atoms with Crippen LogP contribution >= 0.6 is 0 Å². The van der Waals surface area contributed by atoms with Gasteiger partial charge in [-0.15, -0.1) is 10.2 Å². The van der Waals surface area contributed by atoms with Gasteiger partial charge in [0.05, 0.1) is 11.8 Å². The molecule has 12 nitrogen and oxygen atoms in total. The number of alkyl halides is 7. The van der Waals surface area contributed by atoms with E-state index < -0.39 is 48.1 Å². The topological polar surface area (TPSA) is 183 Å². The Morgan fingerprint density at radius 2 is 1.53 bits per heavy atom. The van der Waals surface area contributed by atoms with Crippen molar-refractivity contribution in [1.82, 2.24) is 30.7 Å². The molecule has 1 fully saturated rings. The van der Waals surface area contributed by atoms with Gasteiger partial charge in [0, 0.05) is 35.3 Å². The molecule has 0 aromatic carbocycles. The first-order valence-electron chi connectivity index (χ1n) is 12.4. The zero-order valence-corrected chi connectivity index (χ0v) is 23.6. The number of aromatic amines is 1. The van der Waals surface area contributed by atoms with Gasteiger partial charge in [-0.3, -0.25) is 5.10 Å². The van der Waals surface area contributed by atoms with E-state index in [9.17, 15) is 40.2 Å². The summed E-state index contributed by atoms with van der Waals surface area (Å²) in [4.78, 5) is 22.0. The first-order chi connectivity index (χ1) is 20.4. The van der Waals surface area contributed by atoms with Crippen molar-refractivity contribution >= 4 is 11.9 Å². The molecule has 3 aromatic heterocycles. The molecule has 248 valence electrons. The number of aliphatic carboxylic acids is 2. The largest absolute Gasteiger partial charge is 0.506 e. The number of H-pyrrole nitrogens is 1. The van der Waals surface area contributed by atoms with Crippen molar-refractivity contribution in [3.8, 4) is 34.1 Å². The van der Waals surface area contributed by atoms with E-state index in [1.54, 1.807) is 26.0 Å². The van der Waals surface area contributed by atoms with Crippen molar-refractivity contribution in [1.29, 1.82) is 0 Å². The Bertz CT molecular complexity index is 1450. The molecular formula is C25H26F8N6O6. The third kappa shape index (κ3) is 10.2. The smallest absolute Gasteiger partial charge is 0.490 e. The SMILES string of the molecule is CC1(C)C[C@H](Oc2ccc(-c3ncc(-c4cn[nH]c4F)cc3O)nn2)[C@H](F)C(C)(C)N1.O=C(O)C(F)(F)F.O=C(O)C(F)(F)F. The van der Waals surface area contributed by atoms with Gasteiger partial charge >= 0.3 is 24.3 Å². The summed E-state index contributed by atoms with van der Waals surface area (Å²) in [6.07, 6.45) is -8.90. The van der Waals surface area contributed by atoms with Gasteiger partial charge in [0.15, 0.2) is 6.17 Å². The summed E-state index contributed by atoms with van der Waals surface area (Å²) in [6, 6.07) is 4.50. The molecule has 0 amide bonds. The van der Waals surface area contributed by atoms with E-state index in [2.05, 4.69) is 30.7 Å². The monoisotopic (exact) mass is 658 g/mol. The predicted molar refractivity (Wildman–Crippen MR) is 137 cm³/mol. The number of pyridine rings is 1. The van der Waals surface area contributed by atoms with Crippen molar-refractivity contribution in [3.63, 3.8) is 0 Å². The molecule has 0 radical (unpaired) electrons. The third-order valence-corrected chi connectivity index (χ3v) is 5.80. The Kier molecular flexibility index (Phi) is 11.0. The highest BCUT2D eigenvalue weighted by atomic mass is 19.4. The number of rotatable bonds is 4. The lowest BCUT2D eigenvalue weighted by atomic mass is 9.79. The summed E-state index contributed by atoms with van der Waals surface area (Å²) in [7, 11) is 0. The van der Waals surface area contributed by atoms with E-state index in [4.69, 9.17) is 24.5 Å². The lowest BCUT2D eigenvalue weighted by Crippen LogP contribution is -2.66. The molecule has 0 bridgehead atoms. The molecule has 1 aliphatic rings. The maximum atomic E-state index is 14.9. The van der Waals surface area contributed by atoms with Crippen LogP contribution in [-0.2, 0) is 9.59 Å². The van der Waals surface area contributed by atoms with Gasteiger partial charge in [-0.25, -0.2) is 19.0 Å². The third-order valence-electron chi connectivity index (χ3n) is 5.80. The molecular weight excluding hydrogens is 632 g/mol. The van der Waals surface area contributed by atoms with Crippen LogP contribution in [-0.4, -0.2) is 88.3 Å². The highest BCUT2D eigenvalue weighted by molar-refractivity contribution is 5.73. The molecule has 4 rings (SSSR count). The number of carboxylic acids is 2. The van der Waals surface area contributed by atoms with Gasteiger partial charge in [-0.1, -0.05) is 0 Å². The maximum absolute atomic E-state index is 14.9. The van der Waals surface area contributed by atoms with Crippen LogP contribution in [0.3, 0.4) is 0 Å². The van der Waals surface area contributed by atoms with E-state index in [1.165, 1.54) is 18.5 Å². The second-order valence-corrected chi connectivity index (χ2v) is 10.5. The second kappa shape index (κ2) is 13.6. The number of carbonyl (C=O) groups is 2. The quantitative estimate of drug-likeness (QED) is 0.246. The number of halogens is 8. The fraction of sp³-hybridized carbons (Fsp3) is 0.440. The fourth-order valence-corrected chi connectivity index (χ4v) is 4.10. The minimum atomic E-state index is -5.08. The van der Waals surface area contributed by atoms with Crippen molar-refractivity contribution in [2.24, 2.45) is 0 Å². The summed E-state index contributed by atoms with van der Waals surface area (Å²) in [5, 5.41) is 41.8. The first-order valence-corrected chi connectivity index (χ1v) is 12.4. The number of aromatic hydroxyl groups is 1. The molecule has 1 aliphatic heterocycles. The van der Waals surface area contributed by atoms with Crippen LogP contribution in [0.5, 0.6) is 11.6 Å². The van der Waals surface area contributed by atoms with Gasteiger partial charge in [-0.2, -0.15) is 35.8 Å². The Labute approximate surface area is 248 Å². The van der Waals surface area contributed by atoms with E-state index >= 15 is 0 Å². The normalized spacial score (nSPS) is 18.8. The molecule has 20 heteroatoms. The highest BCUT2D eigenvalue weighted by Gasteiger charge is 2.47. The van der Waals surface area contributed by atoms with Crippen molar-refractivity contribution in [2.75, 3.05) is 0 Å². The van der Waals surface area contributed by atoms with Crippen LogP contribution in [0.2, 0.25) is 0 Å². The van der Waals surface area contributed by atoms with Crippen LogP contribution in [0, 0.1) is 5.95 Å². The van der Waals surface area contributed by atoms with Crippen molar-refractivity contribution in [2.45, 2.75) is 69.8 Å². The number of hydrogen-bond acceptors (Lipinski definition) is 9. The second-order valence-electron chi connectivity index (χ2n) is 10.5. The molecule has 5 N–H and O–H groups in total. The van der Waals surface area contributed by atoms with Gasteiger partial charge in [0.25, 0.3) is 0 Å². The van der Waals surface area contributed by atoms with E-state index in [0.717, 1.165) is 0 Å². The fourth-order valence-electron chi connectivity index (χ4n) is 4.10. The van der Waals surface area contributed by atoms with Crippen molar-refractivity contribution in [3.05, 3.63) is 36.5 Å². The summed E-state index contributed by atoms with van der Waals surface area (Å²) in [5.41, 5.74) is -0.00350. The Morgan fingerprint density at radius 3 is 1.96 bits per heavy atom. The number of piperidine rings is 1. The molecule has 2 atom stereocenters. The maximum Gasteiger partial charge on any atom is 0.490 e. The summed E-state index contributed by atoms with van der Waals surface area (Å²) in [5.74, 6) is -6.14. The minimum absolute atomic E-state index is 0.180. The average Bonchev–Trinajstić information content (AvgIpc) is 3.32. The molecule has 4 heterocycles. The summed E-state index contributed by atoms with van der Waals surface area (Å²) >= 11 is 0. The summed E-state index contributed by atoms with van der Waals surface area (Å²) < 4.78 is 97.9. The van der Waals surface area contributed by atoms with Crippen molar-refractivity contribution < 1.29 is 64.8 Å². The first kappa shape index (κ1) is 36.6. The molecule has 0 spiro atoms. The number of hydrogen-bond donors (Lipinski definition) is 5. The van der Waals surface area contributed by atoms with Gasteiger partial charge in [0.2, 0.25) is 11.8 Å². The molecule has 0 aliphatic carbocycles. The number of ether oxygens (including phenoxy) is 1. The van der Waals surface area contributed by atoms with Crippen LogP contribution in [0.15, 0.2) is 30.6 Å². The zero-order chi connectivity index (χ0) is 34.5. The van der Waals surface area contributed by atoms with Crippen LogP contribution in [0.1, 0.15) is 34.1 Å². The Morgan fingerprint density at radius 1 is 0.978 bits per heavy atom. The number of nitrogens with zero attached hydrogens (tertiary/aromatic N) is 4. The van der Waals surface area contributed by atoms with Gasteiger partial charge in [0.1, 0.15) is 23.2 Å². The Hall–Kier alpha value is -4.62. The van der Waals surface area contributed by atoms with Crippen LogP contribution < -0.4 is 10.1 Å². The van der Waals surface area contributed by atoms with Gasteiger partial charge in [-0.05, 0) is 39.8 Å². The number of carboxylic acid groups (broad SMARTS) is 2. The molecule has 45 heavy (non-hydrogen) atoms. The van der Waals surface area contributed by atoms with Crippen LogP contribution in [0.4, 0.5) is 35.1 Å². The standard InChI is InChI=1S/C21H24F2N6O2.2C2HF3O2/c1-20(2)8-15(18(22)21(3,4)29-20)31-16-6-5-13(26-27-16)17-14(30)7-11(9-24-17)12-10-25-28-19(12)23;2*3-2(4,5)1(6)7/h5-7,9-10,15,18,29-30H,8H2,1-4H3,(H,25,28);2*(H,6,7)/t15-,18-;;/m0../s1.